The largest absolute Gasteiger partial charge is 0.495 e. The Kier molecular flexibility index (Phi) is 6.45. The third kappa shape index (κ3) is 4.47. The van der Waals surface area contributed by atoms with E-state index in [1.165, 1.54) is 7.11 Å². The number of benzene rings is 1. The van der Waals surface area contributed by atoms with Crippen LogP contribution in [0.5, 0.6) is 5.75 Å². The Labute approximate surface area is 121 Å². The second-order valence-corrected chi connectivity index (χ2v) is 6.53. The van der Waals surface area contributed by atoms with Gasteiger partial charge in [-0.15, -0.1) is 0 Å². The van der Waals surface area contributed by atoms with E-state index in [9.17, 15) is 8.42 Å². The minimum absolute atomic E-state index is 0.0635. The summed E-state index contributed by atoms with van der Waals surface area (Å²) in [6.07, 6.45) is 1.40. The fourth-order valence-electron chi connectivity index (χ4n) is 1.93. The summed E-state index contributed by atoms with van der Waals surface area (Å²) in [4.78, 5) is 0.152. The lowest BCUT2D eigenvalue weighted by Crippen LogP contribution is -2.30. The minimum atomic E-state index is -3.61. The summed E-state index contributed by atoms with van der Waals surface area (Å²) >= 11 is 0. The Hall–Kier alpha value is -1.11. The van der Waals surface area contributed by atoms with Crippen LogP contribution in [-0.4, -0.2) is 33.8 Å². The van der Waals surface area contributed by atoms with Gasteiger partial charge < -0.3 is 9.84 Å². The van der Waals surface area contributed by atoms with Gasteiger partial charge in [0.25, 0.3) is 0 Å². The second-order valence-electron chi connectivity index (χ2n) is 4.79. The van der Waals surface area contributed by atoms with Gasteiger partial charge in [0.05, 0.1) is 7.11 Å². The maximum atomic E-state index is 12.3. The number of aryl methyl sites for hydroxylation is 1. The van der Waals surface area contributed by atoms with Gasteiger partial charge in [-0.25, -0.2) is 13.1 Å². The van der Waals surface area contributed by atoms with E-state index in [0.29, 0.717) is 18.7 Å². The highest BCUT2D eigenvalue weighted by atomic mass is 32.2. The monoisotopic (exact) mass is 301 g/mol. The van der Waals surface area contributed by atoms with Gasteiger partial charge in [0.15, 0.2) is 0 Å². The zero-order valence-corrected chi connectivity index (χ0v) is 13.0. The molecule has 0 saturated carbocycles. The summed E-state index contributed by atoms with van der Waals surface area (Å²) in [5.41, 5.74) is 0.855. The molecule has 0 aliphatic heterocycles. The second kappa shape index (κ2) is 7.61. The molecule has 0 amide bonds. The van der Waals surface area contributed by atoms with Crippen molar-refractivity contribution in [1.29, 1.82) is 0 Å². The van der Waals surface area contributed by atoms with Crippen LogP contribution in [0, 0.1) is 12.8 Å². The van der Waals surface area contributed by atoms with Crippen molar-refractivity contribution in [1.82, 2.24) is 4.72 Å². The average Bonchev–Trinajstić information content (AvgIpc) is 2.43. The predicted octanol–water partition coefficient (Wildman–Crippen LogP) is 1.69. The van der Waals surface area contributed by atoms with Gasteiger partial charge in [0.2, 0.25) is 10.0 Å². The molecular weight excluding hydrogens is 278 g/mol. The lowest BCUT2D eigenvalue weighted by Gasteiger charge is -2.16. The molecular formula is C14H23NO4S. The summed E-state index contributed by atoms with van der Waals surface area (Å²) in [5, 5.41) is 8.94. The minimum Gasteiger partial charge on any atom is -0.495 e. The van der Waals surface area contributed by atoms with Crippen LogP contribution in [-0.2, 0) is 10.0 Å². The number of aliphatic hydroxyl groups excluding tert-OH is 1. The lowest BCUT2D eigenvalue weighted by atomic mass is 10.0. The number of hydrogen-bond acceptors (Lipinski definition) is 4. The van der Waals surface area contributed by atoms with Gasteiger partial charge in [-0.05, 0) is 37.0 Å². The Bertz CT molecular complexity index is 528. The normalized spacial score (nSPS) is 13.2. The summed E-state index contributed by atoms with van der Waals surface area (Å²) in [5.74, 6) is 0.462. The third-order valence-corrected chi connectivity index (χ3v) is 4.73. The molecule has 0 aliphatic carbocycles. The predicted molar refractivity (Wildman–Crippen MR) is 78.4 cm³/mol. The van der Waals surface area contributed by atoms with E-state index >= 15 is 0 Å². The molecule has 1 rings (SSSR count). The van der Waals surface area contributed by atoms with Crippen LogP contribution < -0.4 is 9.46 Å². The average molecular weight is 301 g/mol. The third-order valence-electron chi connectivity index (χ3n) is 3.29. The van der Waals surface area contributed by atoms with Crippen LogP contribution in [0.4, 0.5) is 0 Å². The van der Waals surface area contributed by atoms with Crippen LogP contribution >= 0.6 is 0 Å². The van der Waals surface area contributed by atoms with Crippen molar-refractivity contribution in [3.63, 3.8) is 0 Å². The molecule has 114 valence electrons. The number of hydrogen-bond donors (Lipinski definition) is 2. The number of sulfonamides is 1. The quantitative estimate of drug-likeness (QED) is 0.766. The molecule has 20 heavy (non-hydrogen) atoms. The molecule has 1 unspecified atom stereocenters. The summed E-state index contributed by atoms with van der Waals surface area (Å²) in [7, 11) is -2.16. The molecule has 1 aromatic carbocycles. The van der Waals surface area contributed by atoms with Crippen molar-refractivity contribution < 1.29 is 18.3 Å². The first kappa shape index (κ1) is 16.9. The van der Waals surface area contributed by atoms with Crippen LogP contribution in [0.3, 0.4) is 0 Å². The van der Waals surface area contributed by atoms with Gasteiger partial charge >= 0.3 is 0 Å². The molecule has 0 spiro atoms. The van der Waals surface area contributed by atoms with Crippen molar-refractivity contribution in [2.75, 3.05) is 20.3 Å². The number of methoxy groups -OCH3 is 1. The van der Waals surface area contributed by atoms with Crippen LogP contribution in [0.25, 0.3) is 0 Å². The summed E-state index contributed by atoms with van der Waals surface area (Å²) < 4.78 is 32.4. The Morgan fingerprint density at radius 3 is 2.65 bits per heavy atom. The first-order valence-corrected chi connectivity index (χ1v) is 8.18. The molecule has 0 bridgehead atoms. The Morgan fingerprint density at radius 2 is 2.10 bits per heavy atom. The molecule has 0 fully saturated rings. The van der Waals surface area contributed by atoms with E-state index in [-0.39, 0.29) is 17.4 Å². The van der Waals surface area contributed by atoms with Gasteiger partial charge in [-0.1, -0.05) is 19.4 Å². The molecule has 5 nitrogen and oxygen atoms in total. The lowest BCUT2D eigenvalue weighted by molar-refractivity contribution is 0.254. The molecule has 0 heterocycles. The number of rotatable bonds is 8. The smallest absolute Gasteiger partial charge is 0.244 e. The van der Waals surface area contributed by atoms with Crippen LogP contribution in [0.2, 0.25) is 0 Å². The van der Waals surface area contributed by atoms with E-state index in [0.717, 1.165) is 12.0 Å². The zero-order chi connectivity index (χ0) is 15.2. The fraction of sp³-hybridized carbons (Fsp3) is 0.571. The number of nitrogens with one attached hydrogen (secondary N) is 1. The van der Waals surface area contributed by atoms with Crippen LogP contribution in [0.1, 0.15) is 25.3 Å². The Morgan fingerprint density at radius 1 is 1.40 bits per heavy atom. The van der Waals surface area contributed by atoms with E-state index in [1.54, 1.807) is 18.2 Å². The number of ether oxygens (including phenoxy) is 1. The van der Waals surface area contributed by atoms with E-state index in [2.05, 4.69) is 4.72 Å². The maximum Gasteiger partial charge on any atom is 0.244 e. The fourth-order valence-corrected chi connectivity index (χ4v) is 3.30. The SMILES string of the molecule is CCC(CCO)CNS(=O)(=O)c1cc(C)ccc1OC. The summed E-state index contributed by atoms with van der Waals surface area (Å²) in [6.45, 7) is 4.19. The molecule has 6 heteroatoms. The molecule has 0 saturated heterocycles. The van der Waals surface area contributed by atoms with E-state index < -0.39 is 10.0 Å². The zero-order valence-electron chi connectivity index (χ0n) is 12.2. The maximum absolute atomic E-state index is 12.3. The van der Waals surface area contributed by atoms with Gasteiger partial charge in [-0.2, -0.15) is 0 Å². The molecule has 0 aromatic heterocycles. The molecule has 0 radical (unpaired) electrons. The van der Waals surface area contributed by atoms with Crippen molar-refractivity contribution in [3.05, 3.63) is 23.8 Å². The molecule has 2 N–H and O–H groups in total. The van der Waals surface area contributed by atoms with Crippen molar-refractivity contribution in [3.8, 4) is 5.75 Å². The van der Waals surface area contributed by atoms with Gasteiger partial charge in [-0.3, -0.25) is 0 Å². The van der Waals surface area contributed by atoms with Crippen molar-refractivity contribution in [2.45, 2.75) is 31.6 Å². The molecule has 1 aromatic rings. The van der Waals surface area contributed by atoms with Crippen molar-refractivity contribution >= 4 is 10.0 Å². The molecule has 1 atom stereocenters. The van der Waals surface area contributed by atoms with Gasteiger partial charge in [0, 0.05) is 13.2 Å². The van der Waals surface area contributed by atoms with Crippen molar-refractivity contribution in [2.24, 2.45) is 5.92 Å². The number of aliphatic hydroxyl groups is 1. The molecule has 0 aliphatic rings. The first-order valence-electron chi connectivity index (χ1n) is 6.69. The van der Waals surface area contributed by atoms with E-state index in [1.807, 2.05) is 13.8 Å². The van der Waals surface area contributed by atoms with Crippen LogP contribution in [0.15, 0.2) is 23.1 Å². The van der Waals surface area contributed by atoms with Gasteiger partial charge in [0.1, 0.15) is 10.6 Å². The standard InChI is InChI=1S/C14H23NO4S/c1-4-12(7-8-16)10-15-20(17,18)14-9-11(2)5-6-13(14)19-3/h5-6,9,12,15-16H,4,7-8,10H2,1-3H3. The highest BCUT2D eigenvalue weighted by Gasteiger charge is 2.20. The topological polar surface area (TPSA) is 75.6 Å². The highest BCUT2D eigenvalue weighted by Crippen LogP contribution is 2.24. The van der Waals surface area contributed by atoms with E-state index in [4.69, 9.17) is 9.84 Å². The summed E-state index contributed by atoms with van der Waals surface area (Å²) in [6, 6.07) is 5.04. The highest BCUT2D eigenvalue weighted by molar-refractivity contribution is 7.89. The first-order chi connectivity index (χ1) is 9.44. The Balaban J connectivity index is 2.91.